The van der Waals surface area contributed by atoms with Gasteiger partial charge in [0.15, 0.2) is 6.61 Å². The average molecular weight is 443 g/mol. The van der Waals surface area contributed by atoms with E-state index >= 15 is 0 Å². The van der Waals surface area contributed by atoms with Gasteiger partial charge in [-0.25, -0.2) is 4.79 Å². The predicted molar refractivity (Wildman–Crippen MR) is 116 cm³/mol. The number of urea groups is 1. The third kappa shape index (κ3) is 4.28. The molecule has 1 atom stereocenters. The molecule has 4 rings (SSSR count). The lowest BCUT2D eigenvalue weighted by molar-refractivity contribution is -0.141. The second-order valence-electron chi connectivity index (χ2n) is 8.66. The van der Waals surface area contributed by atoms with Gasteiger partial charge in [0.2, 0.25) is 5.91 Å². The Morgan fingerprint density at radius 1 is 1.06 bits per heavy atom. The molecular formula is C23H30N4O5. The fourth-order valence-electron chi connectivity index (χ4n) is 4.82. The summed E-state index contributed by atoms with van der Waals surface area (Å²) in [7, 11) is 0. The number of piperidine rings is 2. The van der Waals surface area contributed by atoms with E-state index < -0.39 is 11.6 Å². The number of ether oxygens (including phenoxy) is 1. The van der Waals surface area contributed by atoms with Crippen molar-refractivity contribution in [3.8, 4) is 5.75 Å². The van der Waals surface area contributed by atoms with Crippen LogP contribution in [0.1, 0.15) is 39.0 Å². The van der Waals surface area contributed by atoms with Gasteiger partial charge in [0, 0.05) is 32.6 Å². The van der Waals surface area contributed by atoms with Crippen LogP contribution < -0.4 is 10.1 Å². The fourth-order valence-corrected chi connectivity index (χ4v) is 4.82. The summed E-state index contributed by atoms with van der Waals surface area (Å²) in [5.41, 5.74) is -0.940. The van der Waals surface area contributed by atoms with E-state index in [9.17, 15) is 19.2 Å². The van der Waals surface area contributed by atoms with E-state index in [2.05, 4.69) is 5.32 Å². The summed E-state index contributed by atoms with van der Waals surface area (Å²) in [6, 6.07) is 8.38. The second kappa shape index (κ2) is 9.18. The summed E-state index contributed by atoms with van der Waals surface area (Å²) < 4.78 is 5.57. The number of benzene rings is 1. The summed E-state index contributed by atoms with van der Waals surface area (Å²) in [5.74, 6) is 0.295. The summed E-state index contributed by atoms with van der Waals surface area (Å²) in [6.07, 6.45) is 2.64. The molecule has 0 aliphatic carbocycles. The highest BCUT2D eigenvalue weighted by atomic mass is 16.5. The first kappa shape index (κ1) is 22.1. The van der Waals surface area contributed by atoms with Gasteiger partial charge in [-0.3, -0.25) is 19.3 Å². The normalized spacial score (nSPS) is 22.8. The molecule has 0 saturated carbocycles. The maximum Gasteiger partial charge on any atom is 0.325 e. The van der Waals surface area contributed by atoms with Crippen molar-refractivity contribution in [1.82, 2.24) is 20.0 Å². The topological polar surface area (TPSA) is 99.3 Å². The van der Waals surface area contributed by atoms with Crippen LogP contribution in [0, 0.1) is 0 Å². The quantitative estimate of drug-likeness (QED) is 0.695. The largest absolute Gasteiger partial charge is 0.484 e. The van der Waals surface area contributed by atoms with Gasteiger partial charge in [0.05, 0.1) is 6.04 Å². The highest BCUT2D eigenvalue weighted by Crippen LogP contribution is 2.32. The van der Waals surface area contributed by atoms with Gasteiger partial charge in [0.25, 0.3) is 11.8 Å². The minimum Gasteiger partial charge on any atom is -0.484 e. The van der Waals surface area contributed by atoms with Crippen molar-refractivity contribution in [2.24, 2.45) is 0 Å². The van der Waals surface area contributed by atoms with E-state index in [-0.39, 0.29) is 30.4 Å². The number of carbonyl (C=O) groups excluding carboxylic acids is 4. The van der Waals surface area contributed by atoms with Crippen molar-refractivity contribution in [3.63, 3.8) is 0 Å². The van der Waals surface area contributed by atoms with Crippen LogP contribution in [-0.2, 0) is 14.4 Å². The molecule has 3 aliphatic rings. The molecule has 1 N–H and O–H groups in total. The molecule has 0 bridgehead atoms. The number of hydrogen-bond donors (Lipinski definition) is 1. The summed E-state index contributed by atoms with van der Waals surface area (Å²) in [4.78, 5) is 55.5. The molecule has 3 aliphatic heterocycles. The first-order chi connectivity index (χ1) is 15.4. The molecular weight excluding hydrogens is 412 g/mol. The van der Waals surface area contributed by atoms with Crippen LogP contribution in [0.2, 0.25) is 0 Å². The maximum absolute atomic E-state index is 13.3. The molecule has 3 saturated heterocycles. The maximum atomic E-state index is 13.3. The number of hydrogen-bond acceptors (Lipinski definition) is 5. The Balaban J connectivity index is 1.37. The monoisotopic (exact) mass is 442 g/mol. The van der Waals surface area contributed by atoms with Crippen LogP contribution >= 0.6 is 0 Å². The van der Waals surface area contributed by atoms with E-state index in [1.165, 1.54) is 4.90 Å². The molecule has 32 heavy (non-hydrogen) atoms. The molecule has 3 fully saturated rings. The number of nitrogens with zero attached hydrogens (tertiary/aromatic N) is 3. The average Bonchev–Trinajstić information content (AvgIpc) is 3.07. The van der Waals surface area contributed by atoms with E-state index in [1.807, 2.05) is 25.1 Å². The molecule has 9 nitrogen and oxygen atoms in total. The van der Waals surface area contributed by atoms with Crippen molar-refractivity contribution in [2.75, 3.05) is 32.8 Å². The number of imide groups is 1. The van der Waals surface area contributed by atoms with Gasteiger partial charge >= 0.3 is 6.03 Å². The Kier molecular flexibility index (Phi) is 6.34. The molecule has 0 aromatic heterocycles. The SMILES string of the molecule is CCC(=O)N1CCC2(CC1)NC(=O)N([C@@H]1CCCN(C(=O)COc3ccccc3)C1)C2=O. The standard InChI is InChI=1S/C23H30N4O5/c1-2-19(28)25-13-10-23(11-14-25)21(30)27(22(31)24-23)17-7-6-12-26(15-17)20(29)16-32-18-8-4-3-5-9-18/h3-5,8-9,17H,2,6-7,10-16H2,1H3,(H,24,31)/t17-/m1/s1. The van der Waals surface area contributed by atoms with Crippen molar-refractivity contribution in [1.29, 1.82) is 0 Å². The van der Waals surface area contributed by atoms with Gasteiger partial charge in [-0.2, -0.15) is 0 Å². The number of para-hydroxylation sites is 1. The molecule has 3 heterocycles. The van der Waals surface area contributed by atoms with Crippen molar-refractivity contribution < 1.29 is 23.9 Å². The minimum absolute atomic E-state index is 0.0626. The molecule has 0 radical (unpaired) electrons. The van der Waals surface area contributed by atoms with Crippen LogP contribution in [0.25, 0.3) is 0 Å². The van der Waals surface area contributed by atoms with Gasteiger partial charge in [0.1, 0.15) is 11.3 Å². The molecule has 9 heteroatoms. The lowest BCUT2D eigenvalue weighted by atomic mass is 9.87. The van der Waals surface area contributed by atoms with Crippen LogP contribution in [-0.4, -0.2) is 82.8 Å². The lowest BCUT2D eigenvalue weighted by Gasteiger charge is -2.39. The fraction of sp³-hybridized carbons (Fsp3) is 0.565. The third-order valence-corrected chi connectivity index (χ3v) is 6.69. The highest BCUT2D eigenvalue weighted by Gasteiger charge is 2.54. The lowest BCUT2D eigenvalue weighted by Crippen LogP contribution is -2.57. The Hall–Kier alpha value is -3.10. The molecule has 1 spiro atoms. The third-order valence-electron chi connectivity index (χ3n) is 6.69. The van der Waals surface area contributed by atoms with Gasteiger partial charge in [-0.1, -0.05) is 25.1 Å². The second-order valence-corrected chi connectivity index (χ2v) is 8.66. The van der Waals surface area contributed by atoms with Gasteiger partial charge in [-0.05, 0) is 37.8 Å². The number of carbonyl (C=O) groups is 4. The highest BCUT2D eigenvalue weighted by molar-refractivity contribution is 6.07. The number of rotatable bonds is 5. The predicted octanol–water partition coefficient (Wildman–Crippen LogP) is 1.38. The number of nitrogens with one attached hydrogen (secondary N) is 1. The van der Waals surface area contributed by atoms with Gasteiger partial charge in [-0.15, -0.1) is 0 Å². The van der Waals surface area contributed by atoms with Crippen molar-refractivity contribution >= 4 is 23.8 Å². The van der Waals surface area contributed by atoms with Gasteiger partial charge < -0.3 is 19.9 Å². The van der Waals surface area contributed by atoms with E-state index in [0.29, 0.717) is 64.0 Å². The Morgan fingerprint density at radius 3 is 2.47 bits per heavy atom. The van der Waals surface area contributed by atoms with E-state index in [4.69, 9.17) is 4.74 Å². The van der Waals surface area contributed by atoms with Crippen LogP contribution in [0.3, 0.4) is 0 Å². The minimum atomic E-state index is -0.940. The Bertz CT molecular complexity index is 882. The van der Waals surface area contributed by atoms with Crippen molar-refractivity contribution in [2.45, 2.75) is 50.6 Å². The first-order valence-electron chi connectivity index (χ1n) is 11.3. The van der Waals surface area contributed by atoms with Crippen LogP contribution in [0.5, 0.6) is 5.75 Å². The molecule has 1 aromatic rings. The zero-order valence-electron chi connectivity index (χ0n) is 18.4. The summed E-state index contributed by atoms with van der Waals surface area (Å²) >= 11 is 0. The number of amides is 5. The van der Waals surface area contributed by atoms with Crippen LogP contribution in [0.15, 0.2) is 30.3 Å². The molecule has 172 valence electrons. The number of likely N-dealkylation sites (tertiary alicyclic amines) is 2. The zero-order valence-corrected chi connectivity index (χ0v) is 18.4. The van der Waals surface area contributed by atoms with E-state index in [1.54, 1.807) is 21.9 Å². The molecule has 0 unspecified atom stereocenters. The Morgan fingerprint density at radius 2 is 1.78 bits per heavy atom. The zero-order chi connectivity index (χ0) is 22.7. The first-order valence-corrected chi connectivity index (χ1v) is 11.3. The summed E-state index contributed by atoms with van der Waals surface area (Å²) in [5, 5.41) is 2.91. The van der Waals surface area contributed by atoms with Crippen molar-refractivity contribution in [3.05, 3.63) is 30.3 Å². The smallest absolute Gasteiger partial charge is 0.325 e. The van der Waals surface area contributed by atoms with Crippen LogP contribution in [0.4, 0.5) is 4.79 Å². The summed E-state index contributed by atoms with van der Waals surface area (Å²) in [6.45, 7) is 3.54. The molecule has 1 aromatic carbocycles. The Labute approximate surface area is 187 Å². The molecule has 5 amide bonds. The van der Waals surface area contributed by atoms with E-state index in [0.717, 1.165) is 0 Å².